The number of hydrogen-bond donors (Lipinski definition) is 1. The number of nitrogens with zero attached hydrogens (tertiary/aromatic N) is 1. The van der Waals surface area contributed by atoms with Crippen LogP contribution in [0.4, 0.5) is 5.69 Å². The maximum atomic E-state index is 5.48. The van der Waals surface area contributed by atoms with E-state index >= 15 is 0 Å². The first-order valence-electron chi connectivity index (χ1n) is 7.22. The van der Waals surface area contributed by atoms with Gasteiger partial charge in [-0.2, -0.15) is 0 Å². The molecule has 2 aromatic carbocycles. The number of aryl methyl sites for hydroxylation is 2. The molecular formula is C18H22N2OS. The standard InChI is InChI=1S/C18H22N2OS/c1-13-8-9-15(14(2)10-13)12-20(3)18(22)19-16-6-5-7-17(11-16)21-4/h5-11H,12H2,1-4H3,(H,19,22). The number of thiocarbonyl (C=S) groups is 1. The molecule has 2 rings (SSSR count). The van der Waals surface area contributed by atoms with Crippen LogP contribution in [0, 0.1) is 13.8 Å². The molecule has 3 nitrogen and oxygen atoms in total. The zero-order valence-electron chi connectivity index (χ0n) is 13.5. The summed E-state index contributed by atoms with van der Waals surface area (Å²) in [5.41, 5.74) is 4.77. The molecule has 0 spiro atoms. The maximum Gasteiger partial charge on any atom is 0.173 e. The van der Waals surface area contributed by atoms with Crippen LogP contribution in [0.3, 0.4) is 0 Å². The third kappa shape index (κ3) is 4.21. The number of nitrogens with one attached hydrogen (secondary N) is 1. The Labute approximate surface area is 137 Å². The summed E-state index contributed by atoms with van der Waals surface area (Å²) in [6.07, 6.45) is 0. The lowest BCUT2D eigenvalue weighted by molar-refractivity contribution is 0.415. The highest BCUT2D eigenvalue weighted by Crippen LogP contribution is 2.18. The van der Waals surface area contributed by atoms with Gasteiger partial charge in [0.1, 0.15) is 5.75 Å². The zero-order chi connectivity index (χ0) is 16.1. The zero-order valence-corrected chi connectivity index (χ0v) is 14.3. The van der Waals surface area contributed by atoms with E-state index in [1.807, 2.05) is 36.2 Å². The van der Waals surface area contributed by atoms with Gasteiger partial charge in [0.2, 0.25) is 0 Å². The van der Waals surface area contributed by atoms with E-state index in [4.69, 9.17) is 17.0 Å². The number of methoxy groups -OCH3 is 1. The number of anilines is 1. The molecule has 0 saturated carbocycles. The molecule has 4 heteroatoms. The third-order valence-corrected chi connectivity index (χ3v) is 3.99. The van der Waals surface area contributed by atoms with Gasteiger partial charge in [-0.15, -0.1) is 0 Å². The Morgan fingerprint density at radius 3 is 2.64 bits per heavy atom. The van der Waals surface area contributed by atoms with Gasteiger partial charge in [0.05, 0.1) is 7.11 Å². The van der Waals surface area contributed by atoms with Crippen molar-refractivity contribution in [1.82, 2.24) is 4.90 Å². The molecule has 0 heterocycles. The van der Waals surface area contributed by atoms with Crippen LogP contribution in [0.5, 0.6) is 5.75 Å². The molecule has 0 aliphatic heterocycles. The molecule has 0 aromatic heterocycles. The molecule has 0 fully saturated rings. The number of benzene rings is 2. The molecule has 0 unspecified atom stereocenters. The fourth-order valence-corrected chi connectivity index (χ4v) is 2.45. The summed E-state index contributed by atoms with van der Waals surface area (Å²) in [7, 11) is 3.65. The Morgan fingerprint density at radius 1 is 1.18 bits per heavy atom. The van der Waals surface area contributed by atoms with Crippen LogP contribution in [0.1, 0.15) is 16.7 Å². The van der Waals surface area contributed by atoms with Crippen LogP contribution in [-0.4, -0.2) is 24.2 Å². The molecule has 0 aliphatic rings. The van der Waals surface area contributed by atoms with Crippen molar-refractivity contribution < 1.29 is 4.74 Å². The highest BCUT2D eigenvalue weighted by Gasteiger charge is 2.08. The Morgan fingerprint density at radius 2 is 1.95 bits per heavy atom. The first-order valence-corrected chi connectivity index (χ1v) is 7.62. The molecule has 0 saturated heterocycles. The summed E-state index contributed by atoms with van der Waals surface area (Å²) >= 11 is 5.48. The summed E-state index contributed by atoms with van der Waals surface area (Å²) < 4.78 is 5.22. The van der Waals surface area contributed by atoms with E-state index in [-0.39, 0.29) is 0 Å². The summed E-state index contributed by atoms with van der Waals surface area (Å²) in [6, 6.07) is 14.2. The molecule has 22 heavy (non-hydrogen) atoms. The number of hydrogen-bond acceptors (Lipinski definition) is 2. The van der Waals surface area contributed by atoms with Crippen molar-refractivity contribution in [3.8, 4) is 5.75 Å². The Kier molecular flexibility index (Phi) is 5.39. The van der Waals surface area contributed by atoms with Crippen molar-refractivity contribution in [3.63, 3.8) is 0 Å². The number of ether oxygens (including phenoxy) is 1. The predicted octanol–water partition coefficient (Wildman–Crippen LogP) is 4.14. The van der Waals surface area contributed by atoms with Gasteiger partial charge in [-0.05, 0) is 49.3 Å². The van der Waals surface area contributed by atoms with Crippen molar-refractivity contribution in [2.75, 3.05) is 19.5 Å². The van der Waals surface area contributed by atoms with Crippen molar-refractivity contribution >= 4 is 23.0 Å². The Hall–Kier alpha value is -2.07. The van der Waals surface area contributed by atoms with Gasteiger partial charge in [0.25, 0.3) is 0 Å². The second-order valence-corrected chi connectivity index (χ2v) is 5.83. The SMILES string of the molecule is COc1cccc(NC(=S)N(C)Cc2ccc(C)cc2C)c1. The Bertz CT molecular complexity index is 670. The lowest BCUT2D eigenvalue weighted by Crippen LogP contribution is -2.30. The van der Waals surface area contributed by atoms with Gasteiger partial charge in [-0.1, -0.05) is 29.8 Å². The molecular weight excluding hydrogens is 292 g/mol. The van der Waals surface area contributed by atoms with Crippen LogP contribution in [0.15, 0.2) is 42.5 Å². The summed E-state index contributed by atoms with van der Waals surface area (Å²) in [6.45, 7) is 5.02. The topological polar surface area (TPSA) is 24.5 Å². The second-order valence-electron chi connectivity index (χ2n) is 5.45. The van der Waals surface area contributed by atoms with Crippen molar-refractivity contribution in [2.45, 2.75) is 20.4 Å². The van der Waals surface area contributed by atoms with Gasteiger partial charge >= 0.3 is 0 Å². The maximum absolute atomic E-state index is 5.48. The minimum Gasteiger partial charge on any atom is -0.497 e. The molecule has 1 N–H and O–H groups in total. The lowest BCUT2D eigenvalue weighted by Gasteiger charge is -2.22. The normalized spacial score (nSPS) is 10.2. The minimum absolute atomic E-state index is 0.688. The molecule has 2 aromatic rings. The molecule has 0 atom stereocenters. The van der Waals surface area contributed by atoms with Crippen molar-refractivity contribution in [2.24, 2.45) is 0 Å². The first-order chi connectivity index (χ1) is 10.5. The van der Waals surface area contributed by atoms with Crippen LogP contribution in [0.25, 0.3) is 0 Å². The van der Waals surface area contributed by atoms with Gasteiger partial charge in [0.15, 0.2) is 5.11 Å². The van der Waals surface area contributed by atoms with Crippen LogP contribution in [0.2, 0.25) is 0 Å². The first kappa shape index (κ1) is 16.3. The van der Waals surface area contributed by atoms with E-state index in [0.717, 1.165) is 18.0 Å². The molecule has 0 bridgehead atoms. The fourth-order valence-electron chi connectivity index (χ4n) is 2.27. The predicted molar refractivity (Wildman–Crippen MR) is 96.6 cm³/mol. The van der Waals surface area contributed by atoms with Gasteiger partial charge in [-0.3, -0.25) is 0 Å². The van der Waals surface area contributed by atoms with E-state index in [0.29, 0.717) is 5.11 Å². The van der Waals surface area contributed by atoms with E-state index in [9.17, 15) is 0 Å². The highest BCUT2D eigenvalue weighted by molar-refractivity contribution is 7.80. The van der Waals surface area contributed by atoms with Crippen LogP contribution >= 0.6 is 12.2 Å². The summed E-state index contributed by atoms with van der Waals surface area (Å²) in [5, 5.41) is 3.93. The van der Waals surface area contributed by atoms with Gasteiger partial charge < -0.3 is 15.0 Å². The van der Waals surface area contributed by atoms with Gasteiger partial charge in [-0.25, -0.2) is 0 Å². The van der Waals surface area contributed by atoms with Crippen LogP contribution in [-0.2, 0) is 6.54 Å². The number of rotatable bonds is 4. The lowest BCUT2D eigenvalue weighted by atomic mass is 10.1. The smallest absolute Gasteiger partial charge is 0.173 e. The monoisotopic (exact) mass is 314 g/mol. The largest absolute Gasteiger partial charge is 0.497 e. The van der Waals surface area contributed by atoms with E-state index in [1.54, 1.807) is 7.11 Å². The second kappa shape index (κ2) is 7.27. The summed E-state index contributed by atoms with van der Waals surface area (Å²) in [4.78, 5) is 2.03. The van der Waals surface area contributed by atoms with E-state index in [1.165, 1.54) is 16.7 Å². The highest BCUT2D eigenvalue weighted by atomic mass is 32.1. The molecule has 116 valence electrons. The van der Waals surface area contributed by atoms with E-state index < -0.39 is 0 Å². The fraction of sp³-hybridized carbons (Fsp3) is 0.278. The molecule has 0 aliphatic carbocycles. The van der Waals surface area contributed by atoms with E-state index in [2.05, 4.69) is 37.4 Å². The van der Waals surface area contributed by atoms with Crippen molar-refractivity contribution in [1.29, 1.82) is 0 Å². The summed E-state index contributed by atoms with van der Waals surface area (Å²) in [5.74, 6) is 0.810. The minimum atomic E-state index is 0.688. The molecule has 0 amide bonds. The quantitative estimate of drug-likeness (QED) is 0.857. The van der Waals surface area contributed by atoms with Crippen LogP contribution < -0.4 is 10.1 Å². The average molecular weight is 314 g/mol. The van der Waals surface area contributed by atoms with Gasteiger partial charge in [0, 0.05) is 25.3 Å². The Balaban J connectivity index is 2.02. The van der Waals surface area contributed by atoms with Crippen molar-refractivity contribution in [3.05, 3.63) is 59.2 Å². The third-order valence-electron chi connectivity index (χ3n) is 3.57. The molecule has 0 radical (unpaired) electrons. The average Bonchev–Trinajstić information content (AvgIpc) is 2.50.